The maximum absolute atomic E-state index is 5.94. The molecular formula is C16H10Br8O2. The topological polar surface area (TPSA) is 18.5 Å². The fourth-order valence-corrected chi connectivity index (χ4v) is 7.00. The zero-order valence-corrected chi connectivity index (χ0v) is 25.9. The summed E-state index contributed by atoms with van der Waals surface area (Å²) < 4.78 is 19.1. The van der Waals surface area contributed by atoms with Gasteiger partial charge in [0.15, 0.2) is 0 Å². The van der Waals surface area contributed by atoms with E-state index in [1.807, 2.05) is 13.8 Å². The molecule has 2 rings (SSSR count). The molecule has 142 valence electrons. The first-order valence-corrected chi connectivity index (χ1v) is 13.3. The Bertz CT molecular complexity index is 737. The van der Waals surface area contributed by atoms with E-state index in [9.17, 15) is 0 Å². The van der Waals surface area contributed by atoms with E-state index in [0.29, 0.717) is 24.7 Å². The van der Waals surface area contributed by atoms with Crippen LogP contribution in [0.5, 0.6) is 11.5 Å². The van der Waals surface area contributed by atoms with Crippen molar-refractivity contribution in [3.8, 4) is 11.5 Å². The zero-order chi connectivity index (χ0) is 19.8. The van der Waals surface area contributed by atoms with Gasteiger partial charge >= 0.3 is 0 Å². The predicted molar refractivity (Wildman–Crippen MR) is 135 cm³/mol. The van der Waals surface area contributed by atoms with Crippen molar-refractivity contribution in [2.24, 2.45) is 0 Å². The third-order valence-electron chi connectivity index (χ3n) is 3.46. The Labute approximate surface area is 219 Å². The lowest BCUT2D eigenvalue weighted by atomic mass is 10.2. The summed E-state index contributed by atoms with van der Waals surface area (Å²) in [6.07, 6.45) is 0. The maximum Gasteiger partial charge on any atom is 0.150 e. The summed E-state index contributed by atoms with van der Waals surface area (Å²) >= 11 is 28.6. The Kier molecular flexibility index (Phi) is 9.54. The van der Waals surface area contributed by atoms with Crippen LogP contribution in [0, 0.1) is 13.8 Å². The standard InChI is InChI=1S/C16H10Br8O2/c1-5-7(17)11(21)15(12(22)8(5)18)25-3-4-26-16-13(23)9(19)6(2)10(20)14(16)24/h3-4H2,1-2H3. The van der Waals surface area contributed by atoms with Gasteiger partial charge < -0.3 is 9.47 Å². The van der Waals surface area contributed by atoms with Gasteiger partial charge in [-0.2, -0.15) is 0 Å². The quantitative estimate of drug-likeness (QED) is 0.220. The van der Waals surface area contributed by atoms with Crippen LogP contribution in [-0.2, 0) is 0 Å². The van der Waals surface area contributed by atoms with Crippen LogP contribution in [0.4, 0.5) is 0 Å². The second kappa shape index (κ2) is 10.3. The van der Waals surface area contributed by atoms with Gasteiger partial charge in [0.2, 0.25) is 0 Å². The highest BCUT2D eigenvalue weighted by atomic mass is 79.9. The molecule has 0 aliphatic carbocycles. The summed E-state index contributed by atoms with van der Waals surface area (Å²) in [5.41, 5.74) is 2.16. The molecule has 0 N–H and O–H groups in total. The molecule has 0 unspecified atom stereocenters. The Hall–Kier alpha value is 1.88. The Balaban J connectivity index is 2.14. The second-order valence-corrected chi connectivity index (χ2v) is 11.5. The monoisotopic (exact) mass is 865 g/mol. The SMILES string of the molecule is Cc1c(Br)c(Br)c(OCCOc2c(Br)c(Br)c(C)c(Br)c2Br)c(Br)c1Br. The van der Waals surface area contributed by atoms with Gasteiger partial charge in [-0.25, -0.2) is 0 Å². The molecule has 0 saturated heterocycles. The van der Waals surface area contributed by atoms with Crippen molar-refractivity contribution < 1.29 is 9.47 Å². The average molecular weight is 873 g/mol. The van der Waals surface area contributed by atoms with Gasteiger partial charge in [0.05, 0.1) is 17.9 Å². The first-order valence-electron chi connectivity index (χ1n) is 7.00. The number of hydrogen-bond acceptors (Lipinski definition) is 2. The smallest absolute Gasteiger partial charge is 0.150 e. The van der Waals surface area contributed by atoms with E-state index in [-0.39, 0.29) is 0 Å². The summed E-state index contributed by atoms with van der Waals surface area (Å²) in [4.78, 5) is 0. The lowest BCUT2D eigenvalue weighted by Crippen LogP contribution is -2.11. The first kappa shape index (κ1) is 24.2. The highest BCUT2D eigenvalue weighted by Gasteiger charge is 2.19. The van der Waals surface area contributed by atoms with Crippen molar-refractivity contribution in [3.63, 3.8) is 0 Å². The average Bonchev–Trinajstić information content (AvgIpc) is 2.63. The molecule has 0 spiro atoms. The summed E-state index contributed by atoms with van der Waals surface area (Å²) in [5.74, 6) is 1.42. The second-order valence-electron chi connectivity index (χ2n) is 5.12. The molecule has 2 nitrogen and oxygen atoms in total. The Morgan fingerprint density at radius 3 is 0.923 bits per heavy atom. The highest BCUT2D eigenvalue weighted by molar-refractivity contribution is 9.14. The van der Waals surface area contributed by atoms with E-state index in [1.54, 1.807) is 0 Å². The van der Waals surface area contributed by atoms with Crippen molar-refractivity contribution in [1.82, 2.24) is 0 Å². The molecule has 0 amide bonds. The summed E-state index contributed by atoms with van der Waals surface area (Å²) in [7, 11) is 0. The van der Waals surface area contributed by atoms with Gasteiger partial charge in [-0.3, -0.25) is 0 Å². The van der Waals surface area contributed by atoms with Crippen LogP contribution in [0.1, 0.15) is 11.1 Å². The minimum absolute atomic E-state index is 0.376. The van der Waals surface area contributed by atoms with Crippen molar-refractivity contribution in [2.75, 3.05) is 13.2 Å². The summed E-state index contributed by atoms with van der Waals surface area (Å²) in [6, 6.07) is 0. The summed E-state index contributed by atoms with van der Waals surface area (Å²) in [6.45, 7) is 4.78. The van der Waals surface area contributed by atoms with Crippen molar-refractivity contribution in [2.45, 2.75) is 13.8 Å². The molecule has 0 fully saturated rings. The van der Waals surface area contributed by atoms with Crippen LogP contribution in [0.25, 0.3) is 0 Å². The number of benzene rings is 2. The van der Waals surface area contributed by atoms with Crippen LogP contribution in [0.2, 0.25) is 0 Å². The lowest BCUT2D eigenvalue weighted by molar-refractivity contribution is 0.213. The van der Waals surface area contributed by atoms with Crippen LogP contribution in [0.3, 0.4) is 0 Å². The molecule has 26 heavy (non-hydrogen) atoms. The maximum atomic E-state index is 5.94. The third-order valence-corrected chi connectivity index (χ3v) is 12.6. The molecule has 0 saturated carbocycles. The number of hydrogen-bond donors (Lipinski definition) is 0. The van der Waals surface area contributed by atoms with Crippen LogP contribution in [-0.4, -0.2) is 13.2 Å². The Morgan fingerprint density at radius 2 is 0.692 bits per heavy atom. The van der Waals surface area contributed by atoms with Crippen LogP contribution in [0.15, 0.2) is 35.8 Å². The number of halogens is 8. The highest BCUT2D eigenvalue weighted by Crippen LogP contribution is 2.47. The van der Waals surface area contributed by atoms with Gasteiger partial charge in [0, 0.05) is 17.9 Å². The molecule has 0 heterocycles. The molecule has 2 aromatic rings. The molecular weight excluding hydrogens is 863 g/mol. The lowest BCUT2D eigenvalue weighted by Gasteiger charge is -2.17. The predicted octanol–water partition coefficient (Wildman–Crippen LogP) is 9.86. The van der Waals surface area contributed by atoms with Crippen LogP contribution < -0.4 is 9.47 Å². The van der Waals surface area contributed by atoms with E-state index in [2.05, 4.69) is 127 Å². The van der Waals surface area contributed by atoms with E-state index in [0.717, 1.165) is 46.9 Å². The minimum Gasteiger partial charge on any atom is -0.488 e. The van der Waals surface area contributed by atoms with Gasteiger partial charge in [0.1, 0.15) is 24.7 Å². The van der Waals surface area contributed by atoms with Crippen molar-refractivity contribution in [1.29, 1.82) is 0 Å². The molecule has 0 aromatic heterocycles. The van der Waals surface area contributed by atoms with Gasteiger partial charge in [-0.1, -0.05) is 0 Å². The molecule has 10 heteroatoms. The molecule has 0 bridgehead atoms. The van der Waals surface area contributed by atoms with E-state index in [4.69, 9.17) is 9.47 Å². The van der Waals surface area contributed by atoms with E-state index >= 15 is 0 Å². The minimum atomic E-state index is 0.376. The molecule has 0 aliphatic heterocycles. The molecule has 0 radical (unpaired) electrons. The fourth-order valence-electron chi connectivity index (χ4n) is 1.98. The number of ether oxygens (including phenoxy) is 2. The van der Waals surface area contributed by atoms with E-state index < -0.39 is 0 Å². The zero-order valence-electron chi connectivity index (χ0n) is 13.3. The van der Waals surface area contributed by atoms with Crippen molar-refractivity contribution >= 4 is 127 Å². The third kappa shape index (κ3) is 4.95. The fraction of sp³-hybridized carbons (Fsp3) is 0.250. The van der Waals surface area contributed by atoms with Gasteiger partial charge in [-0.05, 0) is 152 Å². The normalized spacial score (nSPS) is 11.0. The van der Waals surface area contributed by atoms with Crippen LogP contribution >= 0.6 is 127 Å². The Morgan fingerprint density at radius 1 is 0.462 bits per heavy atom. The summed E-state index contributed by atoms with van der Waals surface area (Å²) in [5, 5.41) is 0. The largest absolute Gasteiger partial charge is 0.488 e. The number of rotatable bonds is 5. The van der Waals surface area contributed by atoms with Gasteiger partial charge in [0.25, 0.3) is 0 Å². The molecule has 0 atom stereocenters. The molecule has 2 aromatic carbocycles. The molecule has 0 aliphatic rings. The van der Waals surface area contributed by atoms with E-state index in [1.165, 1.54) is 0 Å². The van der Waals surface area contributed by atoms with Crippen molar-refractivity contribution in [3.05, 3.63) is 46.9 Å². The van der Waals surface area contributed by atoms with Gasteiger partial charge in [-0.15, -0.1) is 0 Å². The first-order chi connectivity index (χ1) is 12.1.